The minimum Gasteiger partial charge on any atom is -0.381 e. The Morgan fingerprint density at radius 3 is 2.50 bits per heavy atom. The van der Waals surface area contributed by atoms with E-state index in [1.165, 1.54) is 0 Å². The lowest BCUT2D eigenvalue weighted by molar-refractivity contribution is 0.0925. The number of nitrogens with one attached hydrogen (secondary N) is 1. The largest absolute Gasteiger partial charge is 0.381 e. The number of hydrogen-bond donors (Lipinski definition) is 1. The van der Waals surface area contributed by atoms with Gasteiger partial charge >= 0.3 is 0 Å². The Morgan fingerprint density at radius 2 is 1.95 bits per heavy atom. The molecule has 1 rings (SSSR count). The summed E-state index contributed by atoms with van der Waals surface area (Å²) in [6.45, 7) is 6.22. The molecule has 112 valence electrons. The molecule has 5 heteroatoms. The highest BCUT2D eigenvalue weighted by Gasteiger charge is 2.05. The van der Waals surface area contributed by atoms with Gasteiger partial charge in [-0.2, -0.15) is 0 Å². The van der Waals surface area contributed by atoms with E-state index in [1.54, 1.807) is 30.5 Å². The Balaban J connectivity index is 2.27. The molecule has 1 amide bonds. The maximum atomic E-state index is 11.8. The van der Waals surface area contributed by atoms with E-state index in [4.69, 9.17) is 4.74 Å². The third-order valence-electron chi connectivity index (χ3n) is 2.65. The van der Waals surface area contributed by atoms with Gasteiger partial charge in [0.2, 0.25) is 0 Å². The molecule has 0 aliphatic rings. The van der Waals surface area contributed by atoms with Crippen LogP contribution in [0.1, 0.15) is 30.6 Å². The predicted molar refractivity (Wildman–Crippen MR) is 81.4 cm³/mol. The van der Waals surface area contributed by atoms with Gasteiger partial charge in [0.1, 0.15) is 0 Å². The standard InChI is InChI=1S/C15H23NO3S/c1-12(2)11-19-10-4-9-16-15(17)13-5-7-14(8-6-13)20(3)18/h5-8,12H,4,9-11H2,1-3H3,(H,16,17). The molecule has 20 heavy (non-hydrogen) atoms. The van der Waals surface area contributed by atoms with E-state index in [2.05, 4.69) is 19.2 Å². The molecule has 0 spiro atoms. The zero-order valence-corrected chi connectivity index (χ0v) is 13.2. The van der Waals surface area contributed by atoms with Gasteiger partial charge in [-0.1, -0.05) is 13.8 Å². The smallest absolute Gasteiger partial charge is 0.251 e. The van der Waals surface area contributed by atoms with E-state index in [9.17, 15) is 9.00 Å². The number of rotatable bonds is 8. The Labute approximate surface area is 123 Å². The van der Waals surface area contributed by atoms with E-state index < -0.39 is 10.8 Å². The lowest BCUT2D eigenvalue weighted by atomic mass is 10.2. The van der Waals surface area contributed by atoms with E-state index >= 15 is 0 Å². The summed E-state index contributed by atoms with van der Waals surface area (Å²) >= 11 is 0. The van der Waals surface area contributed by atoms with Crippen LogP contribution < -0.4 is 5.32 Å². The summed E-state index contributed by atoms with van der Waals surface area (Å²) in [5, 5.41) is 2.84. The van der Waals surface area contributed by atoms with Crippen LogP contribution in [0.4, 0.5) is 0 Å². The van der Waals surface area contributed by atoms with Crippen molar-refractivity contribution in [3.05, 3.63) is 29.8 Å². The van der Waals surface area contributed by atoms with Crippen LogP contribution in [0.15, 0.2) is 29.2 Å². The van der Waals surface area contributed by atoms with Crippen molar-refractivity contribution in [2.24, 2.45) is 5.92 Å². The predicted octanol–water partition coefficient (Wildman–Crippen LogP) is 2.22. The van der Waals surface area contributed by atoms with Gasteiger partial charge in [0.25, 0.3) is 5.91 Å². The van der Waals surface area contributed by atoms with Gasteiger partial charge in [-0.05, 0) is 36.6 Å². The second-order valence-corrected chi connectivity index (χ2v) is 6.44. The Kier molecular flexibility index (Phi) is 7.47. The first-order valence-corrected chi connectivity index (χ1v) is 8.36. The van der Waals surface area contributed by atoms with Gasteiger partial charge in [0.15, 0.2) is 0 Å². The molecule has 0 saturated heterocycles. The van der Waals surface area contributed by atoms with Crippen LogP contribution in [0.3, 0.4) is 0 Å². The average Bonchev–Trinajstić information content (AvgIpc) is 2.42. The van der Waals surface area contributed by atoms with E-state index in [0.29, 0.717) is 24.6 Å². The van der Waals surface area contributed by atoms with Gasteiger partial charge in [-0.3, -0.25) is 9.00 Å². The monoisotopic (exact) mass is 297 g/mol. The summed E-state index contributed by atoms with van der Waals surface area (Å²) in [4.78, 5) is 12.6. The van der Waals surface area contributed by atoms with Crippen molar-refractivity contribution in [3.63, 3.8) is 0 Å². The molecule has 1 aromatic rings. The molecule has 1 atom stereocenters. The zero-order chi connectivity index (χ0) is 15.0. The highest BCUT2D eigenvalue weighted by Crippen LogP contribution is 2.07. The fourth-order valence-corrected chi connectivity index (χ4v) is 2.11. The van der Waals surface area contributed by atoms with Gasteiger partial charge in [-0.15, -0.1) is 0 Å². The lowest BCUT2D eigenvalue weighted by Gasteiger charge is -2.08. The third kappa shape index (κ3) is 6.30. The normalized spacial score (nSPS) is 12.4. The second-order valence-electron chi connectivity index (χ2n) is 5.06. The summed E-state index contributed by atoms with van der Waals surface area (Å²) in [6.07, 6.45) is 2.42. The molecule has 0 fully saturated rings. The first-order chi connectivity index (χ1) is 9.50. The highest BCUT2D eigenvalue weighted by molar-refractivity contribution is 7.84. The summed E-state index contributed by atoms with van der Waals surface area (Å²) in [6, 6.07) is 6.83. The minimum absolute atomic E-state index is 0.109. The van der Waals surface area contributed by atoms with Gasteiger partial charge in [-0.25, -0.2) is 0 Å². The molecule has 1 N–H and O–H groups in total. The number of carbonyl (C=O) groups excluding carboxylic acids is 1. The van der Waals surface area contributed by atoms with Crippen molar-refractivity contribution in [1.82, 2.24) is 5.32 Å². The molecule has 0 aliphatic carbocycles. The van der Waals surface area contributed by atoms with Crippen molar-refractivity contribution in [3.8, 4) is 0 Å². The molecular formula is C15H23NO3S. The molecule has 0 heterocycles. The first-order valence-electron chi connectivity index (χ1n) is 6.80. The average molecular weight is 297 g/mol. The number of benzene rings is 1. The van der Waals surface area contributed by atoms with Crippen molar-refractivity contribution >= 4 is 16.7 Å². The number of amides is 1. The van der Waals surface area contributed by atoms with Crippen LogP contribution >= 0.6 is 0 Å². The summed E-state index contributed by atoms with van der Waals surface area (Å²) in [5.74, 6) is 0.425. The molecule has 0 bridgehead atoms. The Morgan fingerprint density at radius 1 is 1.30 bits per heavy atom. The second kappa shape index (κ2) is 8.87. The number of hydrogen-bond acceptors (Lipinski definition) is 3. The Bertz CT molecular complexity index is 443. The van der Waals surface area contributed by atoms with Crippen LogP contribution in [0.2, 0.25) is 0 Å². The van der Waals surface area contributed by atoms with Gasteiger partial charge in [0.05, 0.1) is 0 Å². The molecule has 1 aromatic carbocycles. The lowest BCUT2D eigenvalue weighted by Crippen LogP contribution is -2.25. The van der Waals surface area contributed by atoms with E-state index in [-0.39, 0.29) is 5.91 Å². The maximum absolute atomic E-state index is 11.8. The summed E-state index contributed by atoms with van der Waals surface area (Å²) in [7, 11) is -1.01. The van der Waals surface area contributed by atoms with Crippen molar-refractivity contribution in [1.29, 1.82) is 0 Å². The Hall–Kier alpha value is -1.20. The van der Waals surface area contributed by atoms with Crippen LogP contribution in [0.25, 0.3) is 0 Å². The SMILES string of the molecule is CC(C)COCCCNC(=O)c1ccc(S(C)=O)cc1. The molecule has 4 nitrogen and oxygen atoms in total. The van der Waals surface area contributed by atoms with E-state index in [1.807, 2.05) is 0 Å². The van der Waals surface area contributed by atoms with Gasteiger partial charge in [0, 0.05) is 47.3 Å². The fourth-order valence-electron chi connectivity index (χ4n) is 1.60. The summed E-state index contributed by atoms with van der Waals surface area (Å²) < 4.78 is 16.7. The summed E-state index contributed by atoms with van der Waals surface area (Å²) in [5.41, 5.74) is 0.585. The molecular weight excluding hydrogens is 274 g/mol. The highest BCUT2D eigenvalue weighted by atomic mass is 32.2. The van der Waals surface area contributed by atoms with Crippen LogP contribution in [0.5, 0.6) is 0 Å². The third-order valence-corrected chi connectivity index (χ3v) is 3.59. The molecule has 0 aromatic heterocycles. The molecule has 0 saturated carbocycles. The molecule has 0 radical (unpaired) electrons. The van der Waals surface area contributed by atoms with Crippen LogP contribution in [-0.4, -0.2) is 36.1 Å². The minimum atomic E-state index is -1.01. The topological polar surface area (TPSA) is 55.4 Å². The first kappa shape index (κ1) is 16.9. The van der Waals surface area contributed by atoms with E-state index in [0.717, 1.165) is 17.9 Å². The van der Waals surface area contributed by atoms with Crippen LogP contribution in [0, 0.1) is 5.92 Å². The molecule has 1 unspecified atom stereocenters. The van der Waals surface area contributed by atoms with Crippen LogP contribution in [-0.2, 0) is 15.5 Å². The number of ether oxygens (including phenoxy) is 1. The van der Waals surface area contributed by atoms with Crippen molar-refractivity contribution in [2.45, 2.75) is 25.2 Å². The van der Waals surface area contributed by atoms with Crippen molar-refractivity contribution < 1.29 is 13.7 Å². The molecule has 0 aliphatic heterocycles. The fraction of sp³-hybridized carbons (Fsp3) is 0.533. The van der Waals surface area contributed by atoms with Crippen molar-refractivity contribution in [2.75, 3.05) is 26.0 Å². The van der Waals surface area contributed by atoms with Gasteiger partial charge < -0.3 is 10.1 Å². The number of carbonyl (C=O) groups is 1. The maximum Gasteiger partial charge on any atom is 0.251 e. The zero-order valence-electron chi connectivity index (χ0n) is 12.3. The quantitative estimate of drug-likeness (QED) is 0.749.